The molecular weight excluding hydrogens is 392 g/mol. The van der Waals surface area contributed by atoms with Crippen molar-refractivity contribution in [2.24, 2.45) is 0 Å². The predicted molar refractivity (Wildman–Crippen MR) is 123 cm³/mol. The van der Waals surface area contributed by atoms with Gasteiger partial charge < -0.3 is 25.2 Å². The monoisotopic (exact) mass is 416 g/mol. The van der Waals surface area contributed by atoms with Crippen LogP contribution in [0.4, 0.5) is 11.4 Å². The number of hydrogen-bond donors (Lipinski definition) is 3. The number of methoxy groups -OCH3 is 2. The van der Waals surface area contributed by atoms with Crippen LogP contribution >= 0.6 is 0 Å². The largest absolute Gasteiger partial charge is 0.508 e. The molecule has 1 amide bonds. The predicted octanol–water partition coefficient (Wildman–Crippen LogP) is 4.56. The Balaban J connectivity index is 0.000000192. The summed E-state index contributed by atoms with van der Waals surface area (Å²) in [5, 5.41) is 15.5. The van der Waals surface area contributed by atoms with Crippen LogP contribution in [-0.2, 0) is 11.2 Å². The number of phenols is 1. The Morgan fingerprint density at radius 1 is 0.935 bits per heavy atom. The number of nitrogens with one attached hydrogen (secondary N) is 2. The Morgan fingerprint density at radius 2 is 1.65 bits per heavy atom. The average Bonchev–Trinajstić information content (AvgIpc) is 3.36. The first-order valence-electron chi connectivity index (χ1n) is 9.95. The lowest BCUT2D eigenvalue weighted by Crippen LogP contribution is -2.03. The van der Waals surface area contributed by atoms with Crippen LogP contribution in [0.2, 0.25) is 0 Å². The molecule has 2 aliphatic heterocycles. The Hall–Kier alpha value is -3.93. The van der Waals surface area contributed by atoms with Gasteiger partial charge in [0.05, 0.1) is 20.6 Å². The van der Waals surface area contributed by atoms with Crippen molar-refractivity contribution in [2.75, 3.05) is 31.4 Å². The molecule has 0 atom stereocenters. The zero-order chi connectivity index (χ0) is 21.8. The molecule has 2 heterocycles. The molecule has 5 rings (SSSR count). The fourth-order valence-corrected chi connectivity index (χ4v) is 3.64. The second-order valence-corrected chi connectivity index (χ2v) is 7.25. The molecule has 0 unspecified atom stereocenters. The van der Waals surface area contributed by atoms with Crippen molar-refractivity contribution in [3.05, 3.63) is 77.4 Å². The smallest absolute Gasteiger partial charge is 0.228 e. The van der Waals surface area contributed by atoms with Crippen LogP contribution in [0.15, 0.2) is 60.7 Å². The molecule has 0 aromatic heterocycles. The normalized spacial score (nSPS) is 14.6. The standard InChI is InChI=1S/C17H17NO3.C8H7NO/c1-20-16-8-14-12(7-11-3-5-13(19)6-4-11)10-18-15(14)9-17(16)21-2;10-8-5-6-3-1-2-4-7(6)9-8/h3-9,18-19H,10H2,1-2H3;1-4H,5H2,(H,9,10). The van der Waals surface area contributed by atoms with Gasteiger partial charge in [-0.15, -0.1) is 0 Å². The van der Waals surface area contributed by atoms with Crippen LogP contribution < -0.4 is 20.1 Å². The summed E-state index contributed by atoms with van der Waals surface area (Å²) in [4.78, 5) is 10.8. The number of carbonyl (C=O) groups excluding carboxylic acids is 1. The van der Waals surface area contributed by atoms with Gasteiger partial charge in [-0.05, 0) is 47.0 Å². The number of fused-ring (bicyclic) bond motifs is 2. The third-order valence-corrected chi connectivity index (χ3v) is 5.22. The molecule has 0 bridgehead atoms. The lowest BCUT2D eigenvalue weighted by atomic mass is 10.0. The molecule has 2 aliphatic rings. The Morgan fingerprint density at radius 3 is 2.35 bits per heavy atom. The Labute approximate surface area is 181 Å². The first-order valence-corrected chi connectivity index (χ1v) is 9.95. The van der Waals surface area contributed by atoms with Crippen LogP contribution in [0.3, 0.4) is 0 Å². The molecule has 0 saturated carbocycles. The first kappa shape index (κ1) is 20.3. The van der Waals surface area contributed by atoms with Crippen LogP contribution in [0.5, 0.6) is 17.2 Å². The van der Waals surface area contributed by atoms with Crippen molar-refractivity contribution < 1.29 is 19.4 Å². The molecule has 6 heteroatoms. The quantitative estimate of drug-likeness (QED) is 0.583. The number of hydrogen-bond acceptors (Lipinski definition) is 5. The third kappa shape index (κ3) is 4.48. The minimum Gasteiger partial charge on any atom is -0.508 e. The summed E-state index contributed by atoms with van der Waals surface area (Å²) in [6.45, 7) is 0.756. The highest BCUT2D eigenvalue weighted by Crippen LogP contribution is 2.40. The molecule has 0 spiro atoms. The summed E-state index contributed by atoms with van der Waals surface area (Å²) in [6, 6.07) is 18.8. The van der Waals surface area contributed by atoms with E-state index in [-0.39, 0.29) is 11.7 Å². The molecular formula is C25H24N2O4. The van der Waals surface area contributed by atoms with Crippen LogP contribution in [0.25, 0.3) is 11.6 Å². The average molecular weight is 416 g/mol. The molecule has 0 aliphatic carbocycles. The van der Waals surface area contributed by atoms with Gasteiger partial charge in [0.2, 0.25) is 5.91 Å². The maximum absolute atomic E-state index is 10.8. The first-order chi connectivity index (χ1) is 15.1. The Kier molecular flexibility index (Phi) is 5.80. The van der Waals surface area contributed by atoms with E-state index in [0.717, 1.165) is 46.1 Å². The summed E-state index contributed by atoms with van der Waals surface area (Å²) >= 11 is 0. The Bertz CT molecular complexity index is 1110. The van der Waals surface area contributed by atoms with Crippen molar-refractivity contribution in [3.8, 4) is 17.2 Å². The maximum atomic E-state index is 10.8. The van der Waals surface area contributed by atoms with Crippen molar-refractivity contribution in [2.45, 2.75) is 6.42 Å². The van der Waals surface area contributed by atoms with Gasteiger partial charge >= 0.3 is 0 Å². The highest BCUT2D eigenvalue weighted by Gasteiger charge is 2.19. The molecule has 0 radical (unpaired) electrons. The van der Waals surface area contributed by atoms with Gasteiger partial charge in [-0.1, -0.05) is 30.3 Å². The lowest BCUT2D eigenvalue weighted by Gasteiger charge is -2.10. The fourth-order valence-electron chi connectivity index (χ4n) is 3.64. The number of benzene rings is 3. The van der Waals surface area contributed by atoms with Gasteiger partial charge in [0, 0.05) is 29.5 Å². The van der Waals surface area contributed by atoms with Gasteiger partial charge in [0.25, 0.3) is 0 Å². The van der Waals surface area contributed by atoms with E-state index in [9.17, 15) is 9.90 Å². The number of anilines is 2. The topological polar surface area (TPSA) is 79.8 Å². The lowest BCUT2D eigenvalue weighted by molar-refractivity contribution is -0.115. The SMILES string of the molecule is COc1cc2c(cc1OC)C(=Cc1ccc(O)cc1)CN2.O=C1Cc2ccccc2N1. The van der Waals surface area contributed by atoms with E-state index in [1.807, 2.05) is 48.5 Å². The number of amides is 1. The second-order valence-electron chi connectivity index (χ2n) is 7.25. The van der Waals surface area contributed by atoms with E-state index in [0.29, 0.717) is 6.42 Å². The van der Waals surface area contributed by atoms with Crippen molar-refractivity contribution >= 4 is 28.9 Å². The van der Waals surface area contributed by atoms with E-state index >= 15 is 0 Å². The van der Waals surface area contributed by atoms with Crippen molar-refractivity contribution in [1.29, 1.82) is 0 Å². The number of carbonyl (C=O) groups is 1. The highest BCUT2D eigenvalue weighted by atomic mass is 16.5. The van der Waals surface area contributed by atoms with E-state index in [2.05, 4.69) is 16.7 Å². The van der Waals surface area contributed by atoms with Gasteiger partial charge in [0.1, 0.15) is 5.75 Å². The van der Waals surface area contributed by atoms with Crippen molar-refractivity contribution in [3.63, 3.8) is 0 Å². The summed E-state index contributed by atoms with van der Waals surface area (Å²) < 4.78 is 10.7. The molecule has 3 N–H and O–H groups in total. The molecule has 3 aromatic carbocycles. The highest BCUT2D eigenvalue weighted by molar-refractivity contribution is 5.99. The molecule has 6 nitrogen and oxygen atoms in total. The van der Waals surface area contributed by atoms with E-state index in [4.69, 9.17) is 9.47 Å². The number of phenolic OH excluding ortho intramolecular Hbond substituents is 1. The van der Waals surface area contributed by atoms with Crippen LogP contribution in [0.1, 0.15) is 16.7 Å². The van der Waals surface area contributed by atoms with Gasteiger partial charge in [-0.3, -0.25) is 4.79 Å². The number of aromatic hydroxyl groups is 1. The summed E-state index contributed by atoms with van der Waals surface area (Å²) in [6.07, 6.45) is 2.64. The zero-order valence-corrected chi connectivity index (χ0v) is 17.4. The van der Waals surface area contributed by atoms with Gasteiger partial charge in [-0.2, -0.15) is 0 Å². The van der Waals surface area contributed by atoms with Gasteiger partial charge in [0.15, 0.2) is 11.5 Å². The minimum absolute atomic E-state index is 0.0983. The fraction of sp³-hybridized carbons (Fsp3) is 0.160. The molecule has 158 valence electrons. The molecule has 0 fully saturated rings. The third-order valence-electron chi connectivity index (χ3n) is 5.22. The summed E-state index contributed by atoms with van der Waals surface area (Å²) in [5.74, 6) is 1.81. The number of rotatable bonds is 3. The van der Waals surface area contributed by atoms with Crippen molar-refractivity contribution in [1.82, 2.24) is 0 Å². The molecule has 3 aromatic rings. The molecule has 31 heavy (non-hydrogen) atoms. The number of para-hydroxylation sites is 1. The maximum Gasteiger partial charge on any atom is 0.228 e. The van der Waals surface area contributed by atoms with E-state index in [1.165, 1.54) is 5.57 Å². The number of ether oxygens (including phenoxy) is 2. The minimum atomic E-state index is 0.0983. The van der Waals surface area contributed by atoms with E-state index in [1.54, 1.807) is 26.4 Å². The molecule has 0 saturated heterocycles. The summed E-state index contributed by atoms with van der Waals surface area (Å²) in [7, 11) is 3.27. The summed E-state index contributed by atoms with van der Waals surface area (Å²) in [5.41, 5.74) is 6.45. The van der Waals surface area contributed by atoms with E-state index < -0.39 is 0 Å². The van der Waals surface area contributed by atoms with Crippen LogP contribution in [0, 0.1) is 0 Å². The zero-order valence-electron chi connectivity index (χ0n) is 17.4. The van der Waals surface area contributed by atoms with Crippen LogP contribution in [-0.4, -0.2) is 31.8 Å². The second kappa shape index (κ2) is 8.83. The van der Waals surface area contributed by atoms with Gasteiger partial charge in [-0.25, -0.2) is 0 Å².